The first-order valence-corrected chi connectivity index (χ1v) is 9.05. The molecule has 2 aromatic carbocycles. The molecule has 2 aliphatic rings. The molecule has 0 saturated carbocycles. The maximum absolute atomic E-state index is 12.8. The Morgan fingerprint density at radius 2 is 1.96 bits per heavy atom. The molecule has 0 spiro atoms. The zero-order valence-corrected chi connectivity index (χ0v) is 14.9. The molecule has 3 unspecified atom stereocenters. The van der Waals surface area contributed by atoms with Gasteiger partial charge >= 0.3 is 6.36 Å². The Hall–Kier alpha value is -2.96. The van der Waals surface area contributed by atoms with Crippen LogP contribution in [0.2, 0.25) is 0 Å². The molecule has 2 aromatic rings. The van der Waals surface area contributed by atoms with Gasteiger partial charge in [0.1, 0.15) is 11.8 Å². The summed E-state index contributed by atoms with van der Waals surface area (Å²) in [5.41, 5.74) is 2.37. The molecule has 7 heteroatoms. The van der Waals surface area contributed by atoms with Crippen molar-refractivity contribution in [2.45, 2.75) is 31.3 Å². The van der Waals surface area contributed by atoms with Gasteiger partial charge in [0, 0.05) is 24.1 Å². The van der Waals surface area contributed by atoms with Gasteiger partial charge in [-0.05, 0) is 35.7 Å². The number of amides is 1. The average Bonchev–Trinajstić information content (AvgIpc) is 3.15. The van der Waals surface area contributed by atoms with Crippen LogP contribution in [0, 0.1) is 5.92 Å². The summed E-state index contributed by atoms with van der Waals surface area (Å²) < 4.78 is 41.6. The number of ether oxygens (including phenoxy) is 1. The number of carbonyl (C=O) groups excluding carboxylic acids is 1. The predicted octanol–water partition coefficient (Wildman–Crippen LogP) is 4.36. The monoisotopic (exact) mass is 388 g/mol. The minimum Gasteiger partial charge on any atom is -0.406 e. The molecule has 0 saturated heterocycles. The van der Waals surface area contributed by atoms with E-state index in [2.05, 4.69) is 15.4 Å². The Bertz CT molecular complexity index is 896. The lowest BCUT2D eigenvalue weighted by Gasteiger charge is -2.36. The normalized spacial score (nSPS) is 22.8. The molecule has 146 valence electrons. The average molecular weight is 388 g/mol. The lowest BCUT2D eigenvalue weighted by Crippen LogP contribution is -2.47. The quantitative estimate of drug-likeness (QED) is 0.766. The van der Waals surface area contributed by atoms with E-state index < -0.39 is 12.4 Å². The van der Waals surface area contributed by atoms with Gasteiger partial charge in [-0.3, -0.25) is 4.79 Å². The second-order valence-corrected chi connectivity index (χ2v) is 6.98. The first kappa shape index (κ1) is 18.4. The Kier molecular flexibility index (Phi) is 4.75. The molecule has 0 bridgehead atoms. The van der Waals surface area contributed by atoms with Gasteiger partial charge in [0.2, 0.25) is 5.91 Å². The van der Waals surface area contributed by atoms with Crippen molar-refractivity contribution in [1.29, 1.82) is 0 Å². The molecule has 3 atom stereocenters. The summed E-state index contributed by atoms with van der Waals surface area (Å²) >= 11 is 0. The van der Waals surface area contributed by atoms with Crippen molar-refractivity contribution < 1.29 is 22.7 Å². The lowest BCUT2D eigenvalue weighted by molar-refractivity contribution is -0.274. The summed E-state index contributed by atoms with van der Waals surface area (Å²) in [5, 5.41) is 6.16. The van der Waals surface area contributed by atoms with E-state index in [4.69, 9.17) is 0 Å². The molecule has 1 aliphatic heterocycles. The van der Waals surface area contributed by atoms with Crippen molar-refractivity contribution in [3.8, 4) is 5.75 Å². The van der Waals surface area contributed by atoms with Gasteiger partial charge in [0.25, 0.3) is 0 Å². The Balaban J connectivity index is 1.52. The van der Waals surface area contributed by atoms with Crippen molar-refractivity contribution in [3.63, 3.8) is 0 Å². The Morgan fingerprint density at radius 1 is 1.18 bits per heavy atom. The zero-order chi connectivity index (χ0) is 19.7. The number of hydrogen-bond donors (Lipinski definition) is 2. The summed E-state index contributed by atoms with van der Waals surface area (Å²) in [5.74, 6) is -0.548. The van der Waals surface area contributed by atoms with Crippen molar-refractivity contribution in [3.05, 3.63) is 71.8 Å². The third-order valence-electron chi connectivity index (χ3n) is 5.16. The van der Waals surface area contributed by atoms with Gasteiger partial charge in [-0.1, -0.05) is 42.5 Å². The highest BCUT2D eigenvalue weighted by Gasteiger charge is 2.41. The fourth-order valence-corrected chi connectivity index (χ4v) is 3.92. The number of anilines is 1. The van der Waals surface area contributed by atoms with Gasteiger partial charge in [-0.2, -0.15) is 0 Å². The summed E-state index contributed by atoms with van der Waals surface area (Å²) in [4.78, 5) is 12.8. The molecule has 28 heavy (non-hydrogen) atoms. The second-order valence-electron chi connectivity index (χ2n) is 6.98. The highest BCUT2D eigenvalue weighted by atomic mass is 19.4. The molecule has 1 heterocycles. The summed E-state index contributed by atoms with van der Waals surface area (Å²) in [6.07, 6.45) is -0.119. The smallest absolute Gasteiger partial charge is 0.406 e. The van der Waals surface area contributed by atoms with Crippen LogP contribution in [-0.4, -0.2) is 18.3 Å². The highest BCUT2D eigenvalue weighted by molar-refractivity contribution is 5.87. The second kappa shape index (κ2) is 7.22. The molecule has 1 amide bonds. The van der Waals surface area contributed by atoms with Gasteiger partial charge in [-0.15, -0.1) is 13.2 Å². The van der Waals surface area contributed by atoms with E-state index in [0.29, 0.717) is 24.2 Å². The van der Waals surface area contributed by atoms with Crippen LogP contribution < -0.4 is 15.4 Å². The summed E-state index contributed by atoms with van der Waals surface area (Å²) in [7, 11) is 0. The third kappa shape index (κ3) is 3.83. The number of carbonyl (C=O) groups is 1. The van der Waals surface area contributed by atoms with Crippen LogP contribution in [0.5, 0.6) is 5.75 Å². The number of hydrogen-bond acceptors (Lipinski definition) is 3. The largest absolute Gasteiger partial charge is 0.573 e. The van der Waals surface area contributed by atoms with Crippen LogP contribution in [0.25, 0.3) is 0 Å². The molecule has 2 N–H and O–H groups in total. The van der Waals surface area contributed by atoms with Crippen LogP contribution in [-0.2, 0) is 11.3 Å². The van der Waals surface area contributed by atoms with Gasteiger partial charge in [-0.25, -0.2) is 0 Å². The number of alkyl halides is 3. The van der Waals surface area contributed by atoms with Crippen molar-refractivity contribution in [2.75, 3.05) is 5.32 Å². The van der Waals surface area contributed by atoms with E-state index in [1.54, 1.807) is 0 Å². The maximum atomic E-state index is 12.8. The molecule has 4 rings (SSSR count). The topological polar surface area (TPSA) is 50.4 Å². The van der Waals surface area contributed by atoms with Crippen LogP contribution in [0.15, 0.2) is 60.7 Å². The molecule has 4 nitrogen and oxygen atoms in total. The first-order chi connectivity index (χ1) is 13.4. The Labute approximate surface area is 160 Å². The van der Waals surface area contributed by atoms with Gasteiger partial charge in [0.05, 0.1) is 0 Å². The third-order valence-corrected chi connectivity index (χ3v) is 5.16. The van der Waals surface area contributed by atoms with E-state index in [0.717, 1.165) is 5.56 Å². The molecule has 0 fully saturated rings. The predicted molar refractivity (Wildman–Crippen MR) is 98.8 cm³/mol. The van der Waals surface area contributed by atoms with E-state index in [1.165, 1.54) is 18.2 Å². The zero-order valence-electron chi connectivity index (χ0n) is 14.9. The number of rotatable bonds is 4. The van der Waals surface area contributed by atoms with Crippen LogP contribution in [0.1, 0.15) is 23.5 Å². The summed E-state index contributed by atoms with van der Waals surface area (Å²) in [6.45, 7) is 0.424. The van der Waals surface area contributed by atoms with E-state index in [1.807, 2.05) is 42.5 Å². The SMILES string of the molecule is O=C(NCc1ccccc1)C1Nc2ccc(OC(F)(F)F)cc2C2C=CCC12. The number of halogens is 3. The number of fused-ring (bicyclic) bond motifs is 3. The van der Waals surface area contributed by atoms with E-state index in [-0.39, 0.29) is 23.5 Å². The molecular weight excluding hydrogens is 369 g/mol. The van der Waals surface area contributed by atoms with Crippen molar-refractivity contribution >= 4 is 11.6 Å². The van der Waals surface area contributed by atoms with E-state index in [9.17, 15) is 18.0 Å². The number of benzene rings is 2. The van der Waals surface area contributed by atoms with Crippen LogP contribution in [0.4, 0.5) is 18.9 Å². The van der Waals surface area contributed by atoms with E-state index >= 15 is 0 Å². The fraction of sp³-hybridized carbons (Fsp3) is 0.286. The lowest BCUT2D eigenvalue weighted by atomic mass is 9.79. The minimum atomic E-state index is -4.74. The molecule has 1 aliphatic carbocycles. The first-order valence-electron chi connectivity index (χ1n) is 9.05. The number of nitrogens with one attached hydrogen (secondary N) is 2. The number of allylic oxidation sites excluding steroid dienone is 2. The fourth-order valence-electron chi connectivity index (χ4n) is 3.92. The maximum Gasteiger partial charge on any atom is 0.573 e. The van der Waals surface area contributed by atoms with Crippen LogP contribution in [0.3, 0.4) is 0 Å². The Morgan fingerprint density at radius 3 is 2.71 bits per heavy atom. The molecule has 0 radical (unpaired) electrons. The van der Waals surface area contributed by atoms with Crippen molar-refractivity contribution in [2.24, 2.45) is 5.92 Å². The minimum absolute atomic E-state index is 0.0515. The van der Waals surface area contributed by atoms with Crippen LogP contribution >= 0.6 is 0 Å². The van der Waals surface area contributed by atoms with Crippen molar-refractivity contribution in [1.82, 2.24) is 5.32 Å². The van der Waals surface area contributed by atoms with Gasteiger partial charge < -0.3 is 15.4 Å². The molecule has 0 aromatic heterocycles. The highest BCUT2D eigenvalue weighted by Crippen LogP contribution is 2.46. The standard InChI is InChI=1S/C21H19F3N2O2/c22-21(23,24)28-14-9-10-18-17(11-14)15-7-4-8-16(15)19(26-18)20(27)25-12-13-5-2-1-3-6-13/h1-7,9-11,15-16,19,26H,8,12H2,(H,25,27). The molecular formula is C21H19F3N2O2. The van der Waals surface area contributed by atoms with Gasteiger partial charge in [0.15, 0.2) is 0 Å². The summed E-state index contributed by atoms with van der Waals surface area (Å²) in [6, 6.07) is 13.4.